The van der Waals surface area contributed by atoms with Crippen molar-refractivity contribution in [1.82, 2.24) is 0 Å². The first-order chi connectivity index (χ1) is 6.70. The molecule has 0 fully saturated rings. The molecular weight excluding hydrogens is 176 g/mol. The number of rotatable bonds is 4. The van der Waals surface area contributed by atoms with Gasteiger partial charge in [0.05, 0.1) is 12.7 Å². The van der Waals surface area contributed by atoms with E-state index in [-0.39, 0.29) is 0 Å². The summed E-state index contributed by atoms with van der Waals surface area (Å²) in [6.45, 7) is 5.80. The molecule has 0 radical (unpaired) electrons. The molecule has 0 heterocycles. The van der Waals surface area contributed by atoms with E-state index >= 15 is 0 Å². The number of methoxy groups -OCH3 is 1. The van der Waals surface area contributed by atoms with E-state index in [1.165, 1.54) is 0 Å². The predicted molar refractivity (Wildman–Crippen MR) is 58.1 cm³/mol. The summed E-state index contributed by atoms with van der Waals surface area (Å²) in [5.41, 5.74) is 1.63. The van der Waals surface area contributed by atoms with Crippen LogP contribution in [-0.4, -0.2) is 12.2 Å². The number of phenolic OH excluding ortho intramolecular Hbond substituents is 1. The maximum atomic E-state index is 9.88. The Balaban J connectivity index is 3.07. The first-order valence-electron chi connectivity index (χ1n) is 4.74. The molecule has 0 saturated carbocycles. The van der Waals surface area contributed by atoms with Crippen molar-refractivity contribution in [2.24, 2.45) is 0 Å². The van der Waals surface area contributed by atoms with E-state index in [0.29, 0.717) is 17.1 Å². The summed E-state index contributed by atoms with van der Waals surface area (Å²) in [6, 6.07) is 5.63. The molecule has 1 N–H and O–H groups in total. The van der Waals surface area contributed by atoms with Crippen LogP contribution >= 0.6 is 0 Å². The van der Waals surface area contributed by atoms with Crippen LogP contribution in [0.15, 0.2) is 24.8 Å². The highest BCUT2D eigenvalue weighted by atomic mass is 16.5. The minimum Gasteiger partial charge on any atom is -0.507 e. The van der Waals surface area contributed by atoms with Gasteiger partial charge >= 0.3 is 0 Å². The standard InChI is InChI=1S/C12H16O2/c1-4-6-10-7-5-8-11(12(10)13)9(2)14-3/h5,7-8,13H,2,4,6H2,1,3H3. The summed E-state index contributed by atoms with van der Waals surface area (Å²) >= 11 is 0. The SMILES string of the molecule is C=C(OC)c1cccc(CCC)c1O. The number of para-hydroxylation sites is 1. The van der Waals surface area contributed by atoms with Crippen molar-refractivity contribution in [2.75, 3.05) is 7.11 Å². The number of hydrogen-bond donors (Lipinski definition) is 1. The zero-order valence-electron chi connectivity index (χ0n) is 8.71. The Morgan fingerprint density at radius 2 is 2.21 bits per heavy atom. The van der Waals surface area contributed by atoms with E-state index in [1.807, 2.05) is 12.1 Å². The van der Waals surface area contributed by atoms with Crippen molar-refractivity contribution in [2.45, 2.75) is 19.8 Å². The molecular formula is C12H16O2. The first kappa shape index (κ1) is 10.6. The van der Waals surface area contributed by atoms with E-state index in [0.717, 1.165) is 18.4 Å². The molecule has 0 aliphatic rings. The highest BCUT2D eigenvalue weighted by Gasteiger charge is 2.08. The molecule has 0 aliphatic carbocycles. The van der Waals surface area contributed by atoms with Crippen molar-refractivity contribution in [3.63, 3.8) is 0 Å². The summed E-state index contributed by atoms with van der Waals surface area (Å²) in [7, 11) is 1.55. The van der Waals surface area contributed by atoms with Crippen LogP contribution in [0, 0.1) is 0 Å². The first-order valence-corrected chi connectivity index (χ1v) is 4.74. The van der Waals surface area contributed by atoms with E-state index < -0.39 is 0 Å². The minimum atomic E-state index is 0.293. The summed E-state index contributed by atoms with van der Waals surface area (Å²) in [4.78, 5) is 0. The molecule has 1 aromatic rings. The molecule has 0 unspecified atom stereocenters. The number of aryl methyl sites for hydroxylation is 1. The number of benzene rings is 1. The molecule has 14 heavy (non-hydrogen) atoms. The van der Waals surface area contributed by atoms with Crippen molar-refractivity contribution in [1.29, 1.82) is 0 Å². The lowest BCUT2D eigenvalue weighted by Crippen LogP contribution is -1.91. The Labute approximate surface area is 84.8 Å². The molecule has 1 aromatic carbocycles. The highest BCUT2D eigenvalue weighted by molar-refractivity contribution is 5.65. The average Bonchev–Trinajstić information content (AvgIpc) is 2.20. The maximum Gasteiger partial charge on any atom is 0.129 e. The van der Waals surface area contributed by atoms with Crippen LogP contribution in [0.2, 0.25) is 0 Å². The largest absolute Gasteiger partial charge is 0.507 e. The van der Waals surface area contributed by atoms with Crippen LogP contribution in [0.25, 0.3) is 5.76 Å². The molecule has 2 nitrogen and oxygen atoms in total. The summed E-state index contributed by atoms with van der Waals surface area (Å²) in [6.07, 6.45) is 1.88. The van der Waals surface area contributed by atoms with E-state index in [2.05, 4.69) is 13.5 Å². The summed E-state index contributed by atoms with van der Waals surface area (Å²) in [5.74, 6) is 0.793. The molecule has 0 amide bonds. The summed E-state index contributed by atoms with van der Waals surface area (Å²) in [5, 5.41) is 9.88. The monoisotopic (exact) mass is 192 g/mol. The fraction of sp³-hybridized carbons (Fsp3) is 0.333. The van der Waals surface area contributed by atoms with Crippen LogP contribution in [0.5, 0.6) is 5.75 Å². The zero-order valence-corrected chi connectivity index (χ0v) is 8.71. The van der Waals surface area contributed by atoms with Crippen molar-refractivity contribution in [3.05, 3.63) is 35.9 Å². The van der Waals surface area contributed by atoms with Crippen LogP contribution < -0.4 is 0 Å². The van der Waals surface area contributed by atoms with Gasteiger partial charge in [0.15, 0.2) is 0 Å². The number of hydrogen-bond acceptors (Lipinski definition) is 2. The van der Waals surface area contributed by atoms with E-state index in [9.17, 15) is 5.11 Å². The van der Waals surface area contributed by atoms with Gasteiger partial charge in [0.25, 0.3) is 0 Å². The smallest absolute Gasteiger partial charge is 0.129 e. The third-order valence-corrected chi connectivity index (χ3v) is 2.19. The van der Waals surface area contributed by atoms with Gasteiger partial charge in [-0.1, -0.05) is 32.1 Å². The number of ether oxygens (including phenoxy) is 1. The second-order valence-corrected chi connectivity index (χ2v) is 3.19. The molecule has 0 aromatic heterocycles. The molecule has 0 spiro atoms. The highest BCUT2D eigenvalue weighted by Crippen LogP contribution is 2.28. The van der Waals surface area contributed by atoms with Crippen LogP contribution in [0.4, 0.5) is 0 Å². The average molecular weight is 192 g/mol. The number of phenols is 1. The van der Waals surface area contributed by atoms with Gasteiger partial charge in [-0.25, -0.2) is 0 Å². The Hall–Kier alpha value is -1.44. The summed E-state index contributed by atoms with van der Waals surface area (Å²) < 4.78 is 5.00. The van der Waals surface area contributed by atoms with E-state index in [4.69, 9.17) is 4.74 Å². The van der Waals surface area contributed by atoms with E-state index in [1.54, 1.807) is 13.2 Å². The van der Waals surface area contributed by atoms with Crippen molar-refractivity contribution in [3.8, 4) is 5.75 Å². The van der Waals surface area contributed by atoms with Gasteiger partial charge in [-0.3, -0.25) is 0 Å². The zero-order chi connectivity index (χ0) is 10.6. The van der Waals surface area contributed by atoms with Gasteiger partial charge in [0.1, 0.15) is 11.5 Å². The maximum absolute atomic E-state index is 9.88. The lowest BCUT2D eigenvalue weighted by molar-refractivity contribution is 0.366. The lowest BCUT2D eigenvalue weighted by atomic mass is 10.0. The molecule has 0 saturated heterocycles. The van der Waals surface area contributed by atoms with Crippen LogP contribution in [0.1, 0.15) is 24.5 Å². The second kappa shape index (κ2) is 4.70. The van der Waals surface area contributed by atoms with Crippen LogP contribution in [0.3, 0.4) is 0 Å². The lowest BCUT2D eigenvalue weighted by Gasteiger charge is -2.10. The topological polar surface area (TPSA) is 29.5 Å². The quantitative estimate of drug-likeness (QED) is 0.743. The fourth-order valence-electron chi connectivity index (χ4n) is 1.40. The van der Waals surface area contributed by atoms with Crippen molar-refractivity contribution >= 4 is 5.76 Å². The van der Waals surface area contributed by atoms with Gasteiger partial charge in [-0.05, 0) is 18.1 Å². The molecule has 1 rings (SSSR count). The molecule has 0 bridgehead atoms. The third kappa shape index (κ3) is 2.08. The normalized spacial score (nSPS) is 9.86. The molecule has 0 aliphatic heterocycles. The second-order valence-electron chi connectivity index (χ2n) is 3.19. The molecule has 2 heteroatoms. The Morgan fingerprint density at radius 3 is 2.79 bits per heavy atom. The predicted octanol–water partition coefficient (Wildman–Crippen LogP) is 2.96. The van der Waals surface area contributed by atoms with Gasteiger partial charge in [-0.2, -0.15) is 0 Å². The molecule has 76 valence electrons. The minimum absolute atomic E-state index is 0.293. The van der Waals surface area contributed by atoms with Gasteiger partial charge in [-0.15, -0.1) is 0 Å². The van der Waals surface area contributed by atoms with Gasteiger partial charge in [0.2, 0.25) is 0 Å². The van der Waals surface area contributed by atoms with Gasteiger partial charge < -0.3 is 9.84 Å². The van der Waals surface area contributed by atoms with Crippen molar-refractivity contribution < 1.29 is 9.84 Å². The Bertz CT molecular complexity index is 329. The Kier molecular flexibility index (Phi) is 3.57. The Morgan fingerprint density at radius 1 is 1.50 bits per heavy atom. The van der Waals surface area contributed by atoms with Crippen LogP contribution in [-0.2, 0) is 11.2 Å². The molecule has 0 atom stereocenters. The third-order valence-electron chi connectivity index (χ3n) is 2.19. The fourth-order valence-corrected chi connectivity index (χ4v) is 1.40. The number of aromatic hydroxyl groups is 1. The van der Waals surface area contributed by atoms with Gasteiger partial charge in [0, 0.05) is 0 Å².